The van der Waals surface area contributed by atoms with Crippen LogP contribution in [-0.2, 0) is 4.74 Å². The number of carbonyl (C=O) groups excluding carboxylic acids is 3. The molecule has 7 heteroatoms. The van der Waals surface area contributed by atoms with Crippen molar-refractivity contribution in [2.24, 2.45) is 0 Å². The molecule has 1 amide bonds. The number of fused-ring (bicyclic) bond motifs is 2. The van der Waals surface area contributed by atoms with Gasteiger partial charge in [0.2, 0.25) is 0 Å². The third-order valence-corrected chi connectivity index (χ3v) is 4.32. The van der Waals surface area contributed by atoms with E-state index in [1.807, 2.05) is 0 Å². The number of amides is 1. The van der Waals surface area contributed by atoms with Crippen LogP contribution in [0.4, 0.5) is 11.4 Å². The van der Waals surface area contributed by atoms with Crippen LogP contribution >= 0.6 is 0 Å². The zero-order valence-corrected chi connectivity index (χ0v) is 14.3. The molecule has 26 heavy (non-hydrogen) atoms. The topological polar surface area (TPSA) is 125 Å². The third kappa shape index (κ3) is 2.82. The lowest BCUT2D eigenvalue weighted by Gasteiger charge is -2.22. The van der Waals surface area contributed by atoms with E-state index < -0.39 is 11.7 Å². The van der Waals surface area contributed by atoms with Gasteiger partial charge in [-0.15, -0.1) is 0 Å². The molecular formula is C19H19N3O4. The van der Waals surface area contributed by atoms with Crippen molar-refractivity contribution in [2.45, 2.75) is 6.42 Å². The van der Waals surface area contributed by atoms with E-state index in [-0.39, 0.29) is 45.0 Å². The molecule has 1 aliphatic rings. The molecule has 3 rings (SSSR count). The van der Waals surface area contributed by atoms with Gasteiger partial charge in [0.15, 0.2) is 11.6 Å². The molecule has 1 aliphatic carbocycles. The largest absolute Gasteiger partial charge is 0.398 e. The third-order valence-electron chi connectivity index (χ3n) is 4.32. The van der Waals surface area contributed by atoms with E-state index in [4.69, 9.17) is 16.2 Å². The van der Waals surface area contributed by atoms with Crippen LogP contribution in [0.2, 0.25) is 0 Å². The molecule has 2 aromatic rings. The molecule has 2 aromatic carbocycles. The summed E-state index contributed by atoms with van der Waals surface area (Å²) >= 11 is 0. The number of carbonyl (C=O) groups is 3. The first-order valence-corrected chi connectivity index (χ1v) is 8.14. The maximum atomic E-state index is 12.9. The first-order chi connectivity index (χ1) is 12.5. The molecule has 0 bridgehead atoms. The SMILES string of the molecule is COCCCNC(=O)c1cc(N)c2c(c1N)C(=O)c1ccccc1C2=O. The molecule has 0 saturated heterocycles. The Kier molecular flexibility index (Phi) is 4.73. The number of ketones is 2. The van der Waals surface area contributed by atoms with Crippen molar-refractivity contribution in [3.63, 3.8) is 0 Å². The Morgan fingerprint density at radius 2 is 1.69 bits per heavy atom. The lowest BCUT2D eigenvalue weighted by molar-refractivity contribution is 0.0947. The normalized spacial score (nSPS) is 12.5. The lowest BCUT2D eigenvalue weighted by atomic mass is 9.81. The Balaban J connectivity index is 2.03. The van der Waals surface area contributed by atoms with Gasteiger partial charge in [0.1, 0.15) is 0 Å². The number of hydrogen-bond donors (Lipinski definition) is 3. The Morgan fingerprint density at radius 3 is 2.31 bits per heavy atom. The lowest BCUT2D eigenvalue weighted by Crippen LogP contribution is -2.29. The van der Waals surface area contributed by atoms with Crippen molar-refractivity contribution in [3.8, 4) is 0 Å². The molecule has 0 fully saturated rings. The minimum absolute atomic E-state index is 0.00394. The van der Waals surface area contributed by atoms with Crippen LogP contribution in [0.15, 0.2) is 30.3 Å². The van der Waals surface area contributed by atoms with Crippen LogP contribution in [0.5, 0.6) is 0 Å². The van der Waals surface area contributed by atoms with Gasteiger partial charge < -0.3 is 21.5 Å². The molecule has 0 aliphatic heterocycles. The minimum atomic E-state index is -0.452. The van der Waals surface area contributed by atoms with Gasteiger partial charge in [-0.25, -0.2) is 0 Å². The number of nitrogens with one attached hydrogen (secondary N) is 1. The van der Waals surface area contributed by atoms with Crippen LogP contribution < -0.4 is 16.8 Å². The second-order valence-electron chi connectivity index (χ2n) is 5.98. The summed E-state index contributed by atoms with van der Waals surface area (Å²) in [7, 11) is 1.57. The molecule has 0 radical (unpaired) electrons. The molecule has 0 spiro atoms. The van der Waals surface area contributed by atoms with Crippen molar-refractivity contribution in [1.29, 1.82) is 0 Å². The van der Waals surface area contributed by atoms with Gasteiger partial charge in [0.25, 0.3) is 5.91 Å². The minimum Gasteiger partial charge on any atom is -0.398 e. The predicted molar refractivity (Wildman–Crippen MR) is 97.4 cm³/mol. The second kappa shape index (κ2) is 6.97. The zero-order chi connectivity index (χ0) is 18.8. The molecule has 0 aromatic heterocycles. The van der Waals surface area contributed by atoms with Gasteiger partial charge in [-0.05, 0) is 12.5 Å². The van der Waals surface area contributed by atoms with Crippen LogP contribution in [-0.4, -0.2) is 37.7 Å². The molecule has 0 heterocycles. The highest BCUT2D eigenvalue weighted by Gasteiger charge is 2.34. The van der Waals surface area contributed by atoms with E-state index in [2.05, 4.69) is 5.32 Å². The molecule has 5 N–H and O–H groups in total. The Hall–Kier alpha value is -3.19. The van der Waals surface area contributed by atoms with Crippen LogP contribution in [0.25, 0.3) is 0 Å². The summed E-state index contributed by atoms with van der Waals surface area (Å²) in [5, 5.41) is 2.70. The van der Waals surface area contributed by atoms with Crippen LogP contribution in [0.3, 0.4) is 0 Å². The average molecular weight is 353 g/mol. The van der Waals surface area contributed by atoms with E-state index in [0.717, 1.165) is 0 Å². The van der Waals surface area contributed by atoms with E-state index in [1.165, 1.54) is 6.07 Å². The van der Waals surface area contributed by atoms with Crippen molar-refractivity contribution < 1.29 is 19.1 Å². The quantitative estimate of drug-likeness (QED) is 0.470. The number of methoxy groups -OCH3 is 1. The highest BCUT2D eigenvalue weighted by Crippen LogP contribution is 2.36. The number of ether oxygens (including phenoxy) is 1. The fourth-order valence-corrected chi connectivity index (χ4v) is 3.05. The molecule has 0 unspecified atom stereocenters. The number of nitrogen functional groups attached to an aromatic ring is 2. The van der Waals surface area contributed by atoms with Gasteiger partial charge in [-0.2, -0.15) is 0 Å². The molecule has 0 atom stereocenters. The van der Waals surface area contributed by atoms with Crippen molar-refractivity contribution >= 4 is 28.8 Å². The predicted octanol–water partition coefficient (Wildman–Crippen LogP) is 1.39. The van der Waals surface area contributed by atoms with Crippen LogP contribution in [0.1, 0.15) is 48.6 Å². The summed E-state index contributed by atoms with van der Waals surface area (Å²) < 4.78 is 4.93. The highest BCUT2D eigenvalue weighted by atomic mass is 16.5. The number of nitrogens with two attached hydrogens (primary N) is 2. The summed E-state index contributed by atoms with van der Waals surface area (Å²) in [5.74, 6) is -1.23. The number of benzene rings is 2. The standard InChI is InChI=1S/C19H19N3O4/c1-26-8-4-7-22-19(25)12-9-13(20)14-15(16(12)21)18(24)11-6-3-2-5-10(11)17(14)23/h2-3,5-6,9H,4,7-8,20-21H2,1H3,(H,22,25). The fourth-order valence-electron chi connectivity index (χ4n) is 3.05. The maximum absolute atomic E-state index is 12.9. The monoisotopic (exact) mass is 353 g/mol. The van der Waals surface area contributed by atoms with Crippen molar-refractivity contribution in [1.82, 2.24) is 5.32 Å². The Bertz CT molecular complexity index is 921. The average Bonchev–Trinajstić information content (AvgIpc) is 2.64. The van der Waals surface area contributed by atoms with Crippen molar-refractivity contribution in [3.05, 3.63) is 58.1 Å². The highest BCUT2D eigenvalue weighted by molar-refractivity contribution is 6.32. The van der Waals surface area contributed by atoms with Gasteiger partial charge in [-0.1, -0.05) is 24.3 Å². The van der Waals surface area contributed by atoms with Gasteiger partial charge in [0.05, 0.1) is 22.4 Å². The summed E-state index contributed by atoms with van der Waals surface area (Å²) in [6, 6.07) is 7.83. The number of hydrogen-bond acceptors (Lipinski definition) is 6. The number of rotatable bonds is 5. The Morgan fingerprint density at radius 1 is 1.08 bits per heavy atom. The van der Waals surface area contributed by atoms with Gasteiger partial charge >= 0.3 is 0 Å². The summed E-state index contributed by atoms with van der Waals surface area (Å²) in [6.07, 6.45) is 0.632. The fraction of sp³-hybridized carbons (Fsp3) is 0.211. The molecular weight excluding hydrogens is 334 g/mol. The first-order valence-electron chi connectivity index (χ1n) is 8.14. The van der Waals surface area contributed by atoms with E-state index in [9.17, 15) is 14.4 Å². The maximum Gasteiger partial charge on any atom is 0.253 e. The molecule has 0 saturated carbocycles. The smallest absolute Gasteiger partial charge is 0.253 e. The summed E-state index contributed by atoms with van der Waals surface area (Å²) in [6.45, 7) is 0.894. The Labute approximate surface area is 150 Å². The molecule has 7 nitrogen and oxygen atoms in total. The van der Waals surface area contributed by atoms with E-state index in [1.54, 1.807) is 31.4 Å². The van der Waals surface area contributed by atoms with E-state index >= 15 is 0 Å². The number of anilines is 2. The van der Waals surface area contributed by atoms with E-state index in [0.29, 0.717) is 19.6 Å². The van der Waals surface area contributed by atoms with Crippen LogP contribution in [0, 0.1) is 0 Å². The summed E-state index contributed by atoms with van der Waals surface area (Å²) in [5.41, 5.74) is 12.8. The zero-order valence-electron chi connectivity index (χ0n) is 14.3. The van der Waals surface area contributed by atoms with Crippen molar-refractivity contribution in [2.75, 3.05) is 31.7 Å². The second-order valence-corrected chi connectivity index (χ2v) is 5.98. The summed E-state index contributed by atoms with van der Waals surface area (Å²) in [4.78, 5) is 38.0. The first kappa shape index (κ1) is 17.6. The van der Waals surface area contributed by atoms with Gasteiger partial charge in [-0.3, -0.25) is 14.4 Å². The van der Waals surface area contributed by atoms with Gasteiger partial charge in [0, 0.05) is 37.1 Å². The molecule has 134 valence electrons.